The van der Waals surface area contributed by atoms with E-state index >= 15 is 0 Å². The summed E-state index contributed by atoms with van der Waals surface area (Å²) >= 11 is 0. The second kappa shape index (κ2) is 8.68. The van der Waals surface area contributed by atoms with Gasteiger partial charge in [-0.25, -0.2) is 23.1 Å². The molecule has 4 aromatic rings. The zero-order valence-electron chi connectivity index (χ0n) is 17.2. The number of rotatable bonds is 6. The highest BCUT2D eigenvalue weighted by molar-refractivity contribution is 7.89. The lowest BCUT2D eigenvalue weighted by Crippen LogP contribution is -2.22. The first-order valence-corrected chi connectivity index (χ1v) is 11.0. The molecule has 0 fully saturated rings. The van der Waals surface area contributed by atoms with Gasteiger partial charge < -0.3 is 25.9 Å². The van der Waals surface area contributed by atoms with Crippen LogP contribution >= 0.6 is 0 Å². The summed E-state index contributed by atoms with van der Waals surface area (Å²) in [6, 6.07) is 14.2. The molecular formula is C20H17N7O6S. The lowest BCUT2D eigenvalue weighted by atomic mass is 10.1. The summed E-state index contributed by atoms with van der Waals surface area (Å²) in [6.07, 6.45) is 0. The number of nitrogens with one attached hydrogen (secondary N) is 2. The van der Waals surface area contributed by atoms with E-state index in [-0.39, 0.29) is 22.6 Å². The van der Waals surface area contributed by atoms with E-state index in [2.05, 4.69) is 20.7 Å². The Kier molecular flexibility index (Phi) is 5.75. The number of carboxylic acids is 1. The molecule has 2 heterocycles. The van der Waals surface area contributed by atoms with Gasteiger partial charge in [-0.1, -0.05) is 0 Å². The number of amides is 1. The van der Waals surface area contributed by atoms with Crippen LogP contribution in [0.25, 0.3) is 11.3 Å². The molecule has 0 unspecified atom stereocenters. The van der Waals surface area contributed by atoms with Crippen molar-refractivity contribution in [2.45, 2.75) is 4.90 Å². The van der Waals surface area contributed by atoms with Gasteiger partial charge in [0.15, 0.2) is 0 Å². The summed E-state index contributed by atoms with van der Waals surface area (Å²) in [7, 11) is -3.82. The van der Waals surface area contributed by atoms with Crippen LogP contribution in [0.2, 0.25) is 0 Å². The van der Waals surface area contributed by atoms with Gasteiger partial charge in [0.2, 0.25) is 27.7 Å². The van der Waals surface area contributed by atoms with E-state index < -0.39 is 22.0 Å². The van der Waals surface area contributed by atoms with Gasteiger partial charge in [0.25, 0.3) is 0 Å². The van der Waals surface area contributed by atoms with Gasteiger partial charge in [0.05, 0.1) is 4.90 Å². The molecule has 7 N–H and O–H groups in total. The van der Waals surface area contributed by atoms with E-state index in [1.807, 2.05) is 0 Å². The topological polar surface area (TPSA) is 208 Å². The van der Waals surface area contributed by atoms with Crippen LogP contribution in [0.3, 0.4) is 0 Å². The van der Waals surface area contributed by atoms with E-state index in [0.29, 0.717) is 22.7 Å². The number of carbonyl (C=O) groups is 2. The first kappa shape index (κ1) is 22.5. The van der Waals surface area contributed by atoms with Crippen LogP contribution in [0.1, 0.15) is 10.6 Å². The third-order valence-electron chi connectivity index (χ3n) is 4.50. The summed E-state index contributed by atoms with van der Waals surface area (Å²) in [4.78, 5) is 27.4. The van der Waals surface area contributed by atoms with Crippen molar-refractivity contribution in [2.75, 3.05) is 16.4 Å². The number of sulfonamides is 1. The van der Waals surface area contributed by atoms with Crippen LogP contribution < -0.4 is 21.5 Å². The minimum Gasteiger partial charge on any atom is -0.475 e. The molecular weight excluding hydrogens is 466 g/mol. The van der Waals surface area contributed by atoms with E-state index in [0.717, 1.165) is 4.68 Å². The van der Waals surface area contributed by atoms with Crippen LogP contribution in [0.15, 0.2) is 70.0 Å². The molecule has 0 radical (unpaired) electrons. The van der Waals surface area contributed by atoms with Crippen LogP contribution in [0.4, 0.5) is 28.1 Å². The number of furan rings is 1. The maximum atomic E-state index is 12.6. The predicted octanol–water partition coefficient (Wildman–Crippen LogP) is 2.29. The SMILES string of the molecule is Nc1nc(Nc2ccc(S(N)(=O)=O)cc2)nn1C(=O)Nc1ccc(-c2ccc(C(=O)O)o2)cc1. The van der Waals surface area contributed by atoms with Crippen molar-refractivity contribution in [3.8, 4) is 11.3 Å². The van der Waals surface area contributed by atoms with Crippen LogP contribution in [0, 0.1) is 0 Å². The number of nitrogen functional groups attached to an aromatic ring is 1. The fourth-order valence-electron chi connectivity index (χ4n) is 2.89. The van der Waals surface area contributed by atoms with Gasteiger partial charge >= 0.3 is 12.0 Å². The normalized spacial score (nSPS) is 11.2. The van der Waals surface area contributed by atoms with Crippen molar-refractivity contribution >= 4 is 45.3 Å². The van der Waals surface area contributed by atoms with E-state index in [9.17, 15) is 18.0 Å². The highest BCUT2D eigenvalue weighted by Crippen LogP contribution is 2.24. The van der Waals surface area contributed by atoms with Gasteiger partial charge in [-0.2, -0.15) is 4.98 Å². The van der Waals surface area contributed by atoms with Crippen molar-refractivity contribution in [3.05, 3.63) is 66.4 Å². The molecule has 0 saturated carbocycles. The molecule has 0 aliphatic rings. The second-order valence-electron chi connectivity index (χ2n) is 6.88. The monoisotopic (exact) mass is 483 g/mol. The Hall–Kier alpha value is -4.69. The Morgan fingerprint density at radius 2 is 1.62 bits per heavy atom. The lowest BCUT2D eigenvalue weighted by molar-refractivity contribution is 0.0663. The number of carbonyl (C=O) groups excluding carboxylic acids is 1. The van der Waals surface area contributed by atoms with Crippen molar-refractivity contribution in [1.82, 2.24) is 14.8 Å². The number of hydrogen-bond acceptors (Lipinski definition) is 9. The van der Waals surface area contributed by atoms with Gasteiger partial charge in [0.1, 0.15) is 5.76 Å². The molecule has 13 nitrogen and oxygen atoms in total. The number of aromatic nitrogens is 3. The van der Waals surface area contributed by atoms with Gasteiger partial charge in [-0.3, -0.25) is 0 Å². The van der Waals surface area contributed by atoms with Crippen molar-refractivity contribution in [1.29, 1.82) is 0 Å². The number of aromatic carboxylic acids is 1. The Bertz CT molecular complexity index is 1470. The zero-order chi connectivity index (χ0) is 24.5. The smallest absolute Gasteiger partial charge is 0.371 e. The summed E-state index contributed by atoms with van der Waals surface area (Å²) < 4.78 is 28.8. The van der Waals surface area contributed by atoms with Gasteiger partial charge in [-0.05, 0) is 60.7 Å². The van der Waals surface area contributed by atoms with Crippen molar-refractivity contribution in [3.63, 3.8) is 0 Å². The highest BCUT2D eigenvalue weighted by Gasteiger charge is 2.16. The Morgan fingerprint density at radius 3 is 2.21 bits per heavy atom. The number of primary sulfonamides is 1. The lowest BCUT2D eigenvalue weighted by Gasteiger charge is -2.06. The second-order valence-corrected chi connectivity index (χ2v) is 8.44. The third-order valence-corrected chi connectivity index (χ3v) is 5.43. The van der Waals surface area contributed by atoms with Crippen molar-refractivity contribution in [2.24, 2.45) is 5.14 Å². The quantitative estimate of drug-likeness (QED) is 0.270. The molecule has 0 aliphatic carbocycles. The molecule has 1 amide bonds. The minimum absolute atomic E-state index is 0.0124. The molecule has 0 aliphatic heterocycles. The third kappa shape index (κ3) is 4.87. The predicted molar refractivity (Wildman–Crippen MR) is 121 cm³/mol. The molecule has 0 atom stereocenters. The molecule has 2 aromatic carbocycles. The molecule has 14 heteroatoms. The Morgan fingerprint density at radius 1 is 0.971 bits per heavy atom. The molecule has 2 aromatic heterocycles. The maximum Gasteiger partial charge on any atom is 0.371 e. The summed E-state index contributed by atoms with van der Waals surface area (Å²) in [6.45, 7) is 0. The standard InChI is InChI=1S/C20H17N7O6S/c21-18-25-19(23-12-5-7-14(8-6-12)34(22,31)32)26-27(18)20(30)24-13-3-1-11(2-4-13)15-9-10-16(33-15)17(28)29/h1-10H,(H,24,30)(H,28,29)(H2,22,31,32)(H3,21,23,25,26). The van der Waals surface area contributed by atoms with Gasteiger partial charge in [-0.15, -0.1) is 9.78 Å². The summed E-state index contributed by atoms with van der Waals surface area (Å²) in [5.41, 5.74) is 7.27. The Balaban J connectivity index is 1.44. The van der Waals surface area contributed by atoms with E-state index in [1.54, 1.807) is 24.3 Å². The van der Waals surface area contributed by atoms with Crippen LogP contribution in [-0.2, 0) is 10.0 Å². The summed E-state index contributed by atoms with van der Waals surface area (Å²) in [5.74, 6) is -1.16. The largest absolute Gasteiger partial charge is 0.475 e. The minimum atomic E-state index is -3.82. The average Bonchev–Trinajstić information content (AvgIpc) is 3.41. The number of nitrogens with two attached hydrogens (primary N) is 2. The number of hydrogen-bond donors (Lipinski definition) is 5. The van der Waals surface area contributed by atoms with E-state index in [1.165, 1.54) is 36.4 Å². The number of carboxylic acid groups (broad SMARTS) is 1. The fraction of sp³-hybridized carbons (Fsp3) is 0. The van der Waals surface area contributed by atoms with Gasteiger partial charge in [0, 0.05) is 16.9 Å². The number of nitrogens with zero attached hydrogens (tertiary/aromatic N) is 3. The average molecular weight is 483 g/mol. The van der Waals surface area contributed by atoms with E-state index in [4.69, 9.17) is 20.4 Å². The highest BCUT2D eigenvalue weighted by atomic mass is 32.2. The first-order valence-electron chi connectivity index (χ1n) is 9.47. The maximum absolute atomic E-state index is 12.6. The molecule has 4 rings (SSSR count). The van der Waals surface area contributed by atoms with Crippen LogP contribution in [0.5, 0.6) is 0 Å². The van der Waals surface area contributed by atoms with Crippen LogP contribution in [-0.4, -0.2) is 40.3 Å². The molecule has 0 spiro atoms. The Labute approximate surface area is 192 Å². The first-order chi connectivity index (χ1) is 16.1. The molecule has 0 saturated heterocycles. The number of benzene rings is 2. The molecule has 174 valence electrons. The number of anilines is 4. The molecule has 0 bridgehead atoms. The fourth-order valence-corrected chi connectivity index (χ4v) is 3.40. The van der Waals surface area contributed by atoms with Crippen molar-refractivity contribution < 1.29 is 27.5 Å². The summed E-state index contributed by atoms with van der Waals surface area (Å²) in [5, 5.41) is 23.4. The molecule has 34 heavy (non-hydrogen) atoms. The zero-order valence-corrected chi connectivity index (χ0v) is 18.0.